The highest BCUT2D eigenvalue weighted by molar-refractivity contribution is 7.09. The normalized spacial score (nSPS) is 19.7. The van der Waals surface area contributed by atoms with Crippen LogP contribution in [0.2, 0.25) is 0 Å². The second-order valence-electron chi connectivity index (χ2n) is 5.33. The predicted molar refractivity (Wildman–Crippen MR) is 81.5 cm³/mol. The zero-order valence-electron chi connectivity index (χ0n) is 12.4. The van der Waals surface area contributed by atoms with Crippen molar-refractivity contribution in [2.24, 2.45) is 0 Å². The van der Waals surface area contributed by atoms with Crippen LogP contribution in [0.4, 0.5) is 0 Å². The number of rotatable bonds is 6. The van der Waals surface area contributed by atoms with Crippen LogP contribution in [0.1, 0.15) is 31.0 Å². The topological polar surface area (TPSA) is 31.4 Å². The maximum Gasteiger partial charge on any atom is 0.107 e. The third-order valence-electron chi connectivity index (χ3n) is 3.93. The lowest BCUT2D eigenvalue weighted by Gasteiger charge is -2.37. The monoisotopic (exact) mass is 282 g/mol. The molecule has 2 heterocycles. The van der Waals surface area contributed by atoms with Gasteiger partial charge in [0, 0.05) is 50.7 Å². The standard InChI is InChI=1S/C14H26N4S/c1-4-12(2)18-7-5-17(6-8-18)10-13-11-19-14(16-13)9-15-3/h11-12,15H,4-10H2,1-3H3. The van der Waals surface area contributed by atoms with E-state index in [1.165, 1.54) is 43.3 Å². The molecule has 19 heavy (non-hydrogen) atoms. The fourth-order valence-corrected chi connectivity index (χ4v) is 3.30. The van der Waals surface area contributed by atoms with E-state index in [2.05, 4.69) is 39.3 Å². The molecule has 1 unspecified atom stereocenters. The van der Waals surface area contributed by atoms with Crippen molar-refractivity contribution in [3.8, 4) is 0 Å². The van der Waals surface area contributed by atoms with Gasteiger partial charge in [0.15, 0.2) is 0 Å². The second kappa shape index (κ2) is 7.33. The molecule has 1 N–H and O–H groups in total. The average molecular weight is 282 g/mol. The van der Waals surface area contributed by atoms with Gasteiger partial charge in [-0.15, -0.1) is 11.3 Å². The van der Waals surface area contributed by atoms with Crippen LogP contribution >= 0.6 is 11.3 Å². The number of piperazine rings is 1. The summed E-state index contributed by atoms with van der Waals surface area (Å²) in [7, 11) is 1.97. The van der Waals surface area contributed by atoms with E-state index in [1.807, 2.05) is 7.05 Å². The molecule has 0 bridgehead atoms. The van der Waals surface area contributed by atoms with Crippen molar-refractivity contribution in [2.45, 2.75) is 39.4 Å². The van der Waals surface area contributed by atoms with E-state index in [0.717, 1.165) is 19.1 Å². The molecule has 0 amide bonds. The minimum atomic E-state index is 0.726. The molecular formula is C14H26N4S. The molecule has 0 spiro atoms. The summed E-state index contributed by atoms with van der Waals surface area (Å²) >= 11 is 1.76. The molecule has 5 heteroatoms. The SMILES string of the molecule is CCC(C)N1CCN(Cc2csc(CNC)n2)CC1. The van der Waals surface area contributed by atoms with E-state index in [-0.39, 0.29) is 0 Å². The van der Waals surface area contributed by atoms with E-state index in [9.17, 15) is 0 Å². The first-order valence-corrected chi connectivity index (χ1v) is 8.15. The zero-order chi connectivity index (χ0) is 13.7. The van der Waals surface area contributed by atoms with E-state index >= 15 is 0 Å². The highest BCUT2D eigenvalue weighted by atomic mass is 32.1. The van der Waals surface area contributed by atoms with Crippen molar-refractivity contribution < 1.29 is 0 Å². The fraction of sp³-hybridized carbons (Fsp3) is 0.786. The van der Waals surface area contributed by atoms with Gasteiger partial charge in [-0.1, -0.05) is 6.92 Å². The molecule has 2 rings (SSSR count). The summed E-state index contributed by atoms with van der Waals surface area (Å²) in [4.78, 5) is 9.79. The Morgan fingerprint density at radius 2 is 2.11 bits per heavy atom. The molecule has 1 fully saturated rings. The minimum absolute atomic E-state index is 0.726. The van der Waals surface area contributed by atoms with Gasteiger partial charge in [-0.25, -0.2) is 4.98 Å². The Morgan fingerprint density at radius 1 is 1.37 bits per heavy atom. The lowest BCUT2D eigenvalue weighted by atomic mass is 10.2. The third-order valence-corrected chi connectivity index (χ3v) is 4.83. The van der Waals surface area contributed by atoms with Gasteiger partial charge in [0.25, 0.3) is 0 Å². The van der Waals surface area contributed by atoms with E-state index in [4.69, 9.17) is 0 Å². The first-order valence-electron chi connectivity index (χ1n) is 7.27. The summed E-state index contributed by atoms with van der Waals surface area (Å²) in [5.74, 6) is 0. The molecule has 0 saturated carbocycles. The van der Waals surface area contributed by atoms with Gasteiger partial charge in [0.2, 0.25) is 0 Å². The second-order valence-corrected chi connectivity index (χ2v) is 6.27. The third kappa shape index (κ3) is 4.24. The predicted octanol–water partition coefficient (Wildman–Crippen LogP) is 1.78. The number of nitrogens with zero attached hydrogens (tertiary/aromatic N) is 3. The van der Waals surface area contributed by atoms with Crippen LogP contribution in [0.25, 0.3) is 0 Å². The van der Waals surface area contributed by atoms with E-state index in [1.54, 1.807) is 11.3 Å². The molecule has 1 aromatic rings. The lowest BCUT2D eigenvalue weighted by molar-refractivity contribution is 0.0957. The Hall–Kier alpha value is -0.490. The summed E-state index contributed by atoms with van der Waals surface area (Å²) in [6.07, 6.45) is 1.25. The van der Waals surface area contributed by atoms with Crippen molar-refractivity contribution in [1.29, 1.82) is 0 Å². The summed E-state index contributed by atoms with van der Waals surface area (Å²) in [6, 6.07) is 0.726. The zero-order valence-corrected chi connectivity index (χ0v) is 13.2. The first kappa shape index (κ1) is 14.9. The molecule has 0 radical (unpaired) electrons. The highest BCUT2D eigenvalue weighted by Crippen LogP contribution is 2.14. The average Bonchev–Trinajstić information content (AvgIpc) is 2.86. The Morgan fingerprint density at radius 3 is 2.74 bits per heavy atom. The fourth-order valence-electron chi connectivity index (χ4n) is 2.50. The van der Waals surface area contributed by atoms with Crippen molar-refractivity contribution in [1.82, 2.24) is 20.1 Å². The molecule has 4 nitrogen and oxygen atoms in total. The number of nitrogens with one attached hydrogen (secondary N) is 1. The minimum Gasteiger partial charge on any atom is -0.314 e. The van der Waals surface area contributed by atoms with Crippen LogP contribution in [0.5, 0.6) is 0 Å². The van der Waals surface area contributed by atoms with Crippen LogP contribution in [-0.4, -0.2) is 54.1 Å². The van der Waals surface area contributed by atoms with E-state index in [0.29, 0.717) is 0 Å². The maximum atomic E-state index is 4.67. The van der Waals surface area contributed by atoms with Gasteiger partial charge in [0.05, 0.1) is 5.69 Å². The van der Waals surface area contributed by atoms with Gasteiger partial charge < -0.3 is 5.32 Å². The molecule has 1 aliphatic rings. The summed E-state index contributed by atoms with van der Waals surface area (Å²) in [5, 5.41) is 6.55. The van der Waals surface area contributed by atoms with Gasteiger partial charge in [-0.3, -0.25) is 9.80 Å². The Balaban J connectivity index is 1.78. The molecule has 0 aliphatic carbocycles. The maximum absolute atomic E-state index is 4.67. The molecule has 108 valence electrons. The largest absolute Gasteiger partial charge is 0.314 e. The molecule has 1 atom stereocenters. The van der Waals surface area contributed by atoms with Crippen molar-refractivity contribution >= 4 is 11.3 Å². The number of aromatic nitrogens is 1. The van der Waals surface area contributed by atoms with Crippen molar-refractivity contribution in [3.63, 3.8) is 0 Å². The summed E-state index contributed by atoms with van der Waals surface area (Å²) in [6.45, 7) is 11.2. The quantitative estimate of drug-likeness (QED) is 0.862. The van der Waals surface area contributed by atoms with Crippen molar-refractivity contribution in [3.05, 3.63) is 16.1 Å². The molecule has 0 aromatic carbocycles. The van der Waals surface area contributed by atoms with Crippen LogP contribution in [-0.2, 0) is 13.1 Å². The van der Waals surface area contributed by atoms with Crippen molar-refractivity contribution in [2.75, 3.05) is 33.2 Å². The van der Waals surface area contributed by atoms with E-state index < -0.39 is 0 Å². The molecular weight excluding hydrogens is 256 g/mol. The number of hydrogen-bond acceptors (Lipinski definition) is 5. The number of thiazole rings is 1. The van der Waals surface area contributed by atoms with Crippen LogP contribution in [0.15, 0.2) is 5.38 Å². The van der Waals surface area contributed by atoms with Gasteiger partial charge >= 0.3 is 0 Å². The number of hydrogen-bond donors (Lipinski definition) is 1. The summed E-state index contributed by atoms with van der Waals surface area (Å²) < 4.78 is 0. The Kier molecular flexibility index (Phi) is 5.76. The Labute approximate surface area is 120 Å². The Bertz CT molecular complexity index is 371. The molecule has 1 aromatic heterocycles. The first-order chi connectivity index (χ1) is 9.22. The van der Waals surface area contributed by atoms with Gasteiger partial charge in [-0.2, -0.15) is 0 Å². The smallest absolute Gasteiger partial charge is 0.107 e. The van der Waals surface area contributed by atoms with Gasteiger partial charge in [-0.05, 0) is 20.4 Å². The molecule has 1 saturated heterocycles. The molecule has 1 aliphatic heterocycles. The van der Waals surface area contributed by atoms with Gasteiger partial charge in [0.1, 0.15) is 5.01 Å². The van der Waals surface area contributed by atoms with Crippen LogP contribution < -0.4 is 5.32 Å². The van der Waals surface area contributed by atoms with Crippen LogP contribution in [0, 0.1) is 0 Å². The lowest BCUT2D eigenvalue weighted by Crippen LogP contribution is -2.49. The summed E-state index contributed by atoms with van der Waals surface area (Å²) in [5.41, 5.74) is 1.23. The van der Waals surface area contributed by atoms with Crippen LogP contribution in [0.3, 0.4) is 0 Å². The highest BCUT2D eigenvalue weighted by Gasteiger charge is 2.20.